The molecule has 0 amide bonds. The second kappa shape index (κ2) is 3.92. The highest BCUT2D eigenvalue weighted by atomic mass is 32.2. The van der Waals surface area contributed by atoms with E-state index in [1.807, 2.05) is 31.2 Å². The van der Waals surface area contributed by atoms with E-state index in [2.05, 4.69) is 17.3 Å². The SMILES string of the molecule is [CH2]Sc1nc2c(C)cccc2cc1C#N. The zero-order valence-corrected chi connectivity index (χ0v) is 9.14. The summed E-state index contributed by atoms with van der Waals surface area (Å²) in [7, 11) is 0. The van der Waals surface area contributed by atoms with E-state index < -0.39 is 0 Å². The van der Waals surface area contributed by atoms with Gasteiger partial charge in [0.05, 0.1) is 11.1 Å². The molecule has 0 unspecified atom stereocenters. The monoisotopic (exact) mass is 213 g/mol. The standard InChI is InChI=1S/C12H9N2S/c1-8-4-3-5-9-6-10(7-13)12(15-2)14-11(8)9/h3-6H,2H2,1H3. The van der Waals surface area contributed by atoms with Gasteiger partial charge in [0.15, 0.2) is 0 Å². The van der Waals surface area contributed by atoms with Gasteiger partial charge in [0.25, 0.3) is 0 Å². The van der Waals surface area contributed by atoms with E-state index in [0.29, 0.717) is 10.6 Å². The average molecular weight is 213 g/mol. The van der Waals surface area contributed by atoms with Gasteiger partial charge in [-0.05, 0) is 18.6 Å². The Morgan fingerprint density at radius 1 is 1.47 bits per heavy atom. The van der Waals surface area contributed by atoms with Crippen LogP contribution in [-0.4, -0.2) is 4.98 Å². The molecule has 0 aliphatic carbocycles. The number of hydrogen-bond acceptors (Lipinski definition) is 3. The predicted octanol–water partition coefficient (Wildman–Crippen LogP) is 3.30. The molecule has 0 N–H and O–H groups in total. The molecule has 0 spiro atoms. The van der Waals surface area contributed by atoms with Crippen molar-refractivity contribution in [1.29, 1.82) is 5.26 Å². The lowest BCUT2D eigenvalue weighted by Gasteiger charge is -2.04. The highest BCUT2D eigenvalue weighted by Gasteiger charge is 2.06. The number of aryl methyl sites for hydroxylation is 1. The van der Waals surface area contributed by atoms with Crippen molar-refractivity contribution in [2.24, 2.45) is 0 Å². The van der Waals surface area contributed by atoms with Crippen molar-refractivity contribution < 1.29 is 0 Å². The van der Waals surface area contributed by atoms with Crippen molar-refractivity contribution in [2.45, 2.75) is 11.9 Å². The lowest BCUT2D eigenvalue weighted by Crippen LogP contribution is -1.89. The summed E-state index contributed by atoms with van der Waals surface area (Å²) in [5.41, 5.74) is 2.66. The number of hydrogen-bond donors (Lipinski definition) is 0. The molecule has 2 aromatic rings. The van der Waals surface area contributed by atoms with Crippen LogP contribution < -0.4 is 0 Å². The van der Waals surface area contributed by atoms with Crippen LogP contribution in [0.4, 0.5) is 0 Å². The maximum Gasteiger partial charge on any atom is 0.115 e. The highest BCUT2D eigenvalue weighted by molar-refractivity contribution is 8.00. The molecular formula is C12H9N2S. The normalized spacial score (nSPS) is 10.2. The second-order valence-corrected chi connectivity index (χ2v) is 3.92. The molecule has 0 bridgehead atoms. The summed E-state index contributed by atoms with van der Waals surface area (Å²) in [5, 5.41) is 10.6. The van der Waals surface area contributed by atoms with Gasteiger partial charge in [-0.2, -0.15) is 5.26 Å². The van der Waals surface area contributed by atoms with Gasteiger partial charge in [0, 0.05) is 11.6 Å². The Hall–Kier alpha value is -1.53. The third kappa shape index (κ3) is 1.69. The quantitative estimate of drug-likeness (QED) is 0.682. The molecule has 1 heterocycles. The molecule has 0 saturated heterocycles. The first-order valence-electron chi connectivity index (χ1n) is 4.48. The first kappa shape index (κ1) is 10.0. The summed E-state index contributed by atoms with van der Waals surface area (Å²) in [5.74, 6) is 0. The van der Waals surface area contributed by atoms with Crippen LogP contribution in [0.3, 0.4) is 0 Å². The minimum absolute atomic E-state index is 0.591. The number of fused-ring (bicyclic) bond motifs is 1. The number of thioether (sulfide) groups is 1. The van der Waals surface area contributed by atoms with E-state index in [1.165, 1.54) is 11.8 Å². The summed E-state index contributed by atoms with van der Waals surface area (Å²) in [4.78, 5) is 4.44. The van der Waals surface area contributed by atoms with Crippen LogP contribution in [0.15, 0.2) is 29.3 Å². The van der Waals surface area contributed by atoms with Gasteiger partial charge in [-0.1, -0.05) is 18.2 Å². The van der Waals surface area contributed by atoms with Gasteiger partial charge < -0.3 is 0 Å². The van der Waals surface area contributed by atoms with Crippen LogP contribution in [0.1, 0.15) is 11.1 Å². The number of pyridine rings is 1. The van der Waals surface area contributed by atoms with E-state index in [0.717, 1.165) is 16.5 Å². The molecule has 1 radical (unpaired) electrons. The first-order valence-corrected chi connectivity index (χ1v) is 5.47. The highest BCUT2D eigenvalue weighted by Crippen LogP contribution is 2.24. The third-order valence-electron chi connectivity index (χ3n) is 2.27. The summed E-state index contributed by atoms with van der Waals surface area (Å²) >= 11 is 1.26. The van der Waals surface area contributed by atoms with Crippen molar-refractivity contribution in [3.05, 3.63) is 41.6 Å². The van der Waals surface area contributed by atoms with E-state index in [-0.39, 0.29) is 0 Å². The molecule has 1 aromatic carbocycles. The molecule has 15 heavy (non-hydrogen) atoms. The van der Waals surface area contributed by atoms with Gasteiger partial charge in [0.2, 0.25) is 0 Å². The van der Waals surface area contributed by atoms with E-state index in [4.69, 9.17) is 5.26 Å². The Bertz CT molecular complexity index is 555. The number of benzene rings is 1. The summed E-state index contributed by atoms with van der Waals surface area (Å²) in [6.07, 6.45) is 3.70. The molecular weight excluding hydrogens is 204 g/mol. The Morgan fingerprint density at radius 3 is 2.93 bits per heavy atom. The van der Waals surface area contributed by atoms with Crippen LogP contribution in [-0.2, 0) is 0 Å². The topological polar surface area (TPSA) is 36.7 Å². The van der Waals surface area contributed by atoms with Gasteiger partial charge in [-0.15, -0.1) is 11.8 Å². The average Bonchev–Trinajstić information content (AvgIpc) is 2.28. The van der Waals surface area contributed by atoms with E-state index in [1.54, 1.807) is 0 Å². The summed E-state index contributed by atoms with van der Waals surface area (Å²) in [6.45, 7) is 2.01. The minimum atomic E-state index is 0.591. The van der Waals surface area contributed by atoms with Gasteiger partial charge in [0.1, 0.15) is 11.1 Å². The van der Waals surface area contributed by atoms with Crippen molar-refractivity contribution in [3.63, 3.8) is 0 Å². The molecule has 2 nitrogen and oxygen atoms in total. The second-order valence-electron chi connectivity index (χ2n) is 3.24. The molecule has 0 saturated carbocycles. The molecule has 73 valence electrons. The molecule has 1 aromatic heterocycles. The number of aromatic nitrogens is 1. The van der Waals surface area contributed by atoms with Crippen molar-refractivity contribution >= 4 is 22.7 Å². The van der Waals surface area contributed by atoms with Crippen molar-refractivity contribution in [1.82, 2.24) is 4.98 Å². The van der Waals surface area contributed by atoms with Crippen LogP contribution in [0.2, 0.25) is 0 Å². The van der Waals surface area contributed by atoms with Gasteiger partial charge in [-0.3, -0.25) is 0 Å². The lowest BCUT2D eigenvalue weighted by atomic mass is 10.1. The van der Waals surface area contributed by atoms with Crippen LogP contribution in [0, 0.1) is 24.5 Å². The molecule has 0 atom stereocenters. The zero-order valence-electron chi connectivity index (χ0n) is 8.32. The fraction of sp³-hybridized carbons (Fsp3) is 0.0833. The van der Waals surface area contributed by atoms with Crippen molar-refractivity contribution in [3.8, 4) is 6.07 Å². The summed E-state index contributed by atoms with van der Waals surface area (Å²) < 4.78 is 0. The van der Waals surface area contributed by atoms with Crippen LogP contribution >= 0.6 is 11.8 Å². The fourth-order valence-electron chi connectivity index (χ4n) is 1.52. The lowest BCUT2D eigenvalue weighted by molar-refractivity contribution is 1.16. The fourth-order valence-corrected chi connectivity index (χ4v) is 1.94. The predicted molar refractivity (Wildman–Crippen MR) is 62.4 cm³/mol. The molecule has 0 aliphatic rings. The Balaban J connectivity index is 2.83. The smallest absolute Gasteiger partial charge is 0.115 e. The zero-order chi connectivity index (χ0) is 10.8. The number of nitriles is 1. The Morgan fingerprint density at radius 2 is 2.27 bits per heavy atom. The molecule has 0 aliphatic heterocycles. The molecule has 3 heteroatoms. The maximum absolute atomic E-state index is 8.95. The molecule has 2 rings (SSSR count). The number of nitrogens with zero attached hydrogens (tertiary/aromatic N) is 2. The van der Waals surface area contributed by atoms with Crippen LogP contribution in [0.5, 0.6) is 0 Å². The summed E-state index contributed by atoms with van der Waals surface area (Å²) in [6, 6.07) is 9.95. The van der Waals surface area contributed by atoms with Crippen molar-refractivity contribution in [2.75, 3.05) is 0 Å². The minimum Gasteiger partial charge on any atom is -0.240 e. The Kier molecular flexibility index (Phi) is 2.61. The van der Waals surface area contributed by atoms with E-state index >= 15 is 0 Å². The maximum atomic E-state index is 8.95. The largest absolute Gasteiger partial charge is 0.240 e. The first-order chi connectivity index (χ1) is 7.26. The number of rotatable bonds is 1. The number of para-hydroxylation sites is 1. The van der Waals surface area contributed by atoms with Gasteiger partial charge in [-0.25, -0.2) is 4.98 Å². The third-order valence-corrected chi connectivity index (χ3v) is 2.85. The van der Waals surface area contributed by atoms with E-state index in [9.17, 15) is 0 Å². The van der Waals surface area contributed by atoms with Crippen LogP contribution in [0.25, 0.3) is 10.9 Å². The Labute approximate surface area is 92.9 Å². The molecule has 0 fully saturated rings. The van der Waals surface area contributed by atoms with Gasteiger partial charge >= 0.3 is 0 Å².